The largest absolute Gasteiger partial charge is 0.381 e. The number of rotatable bonds is 2. The zero-order valence-electron chi connectivity index (χ0n) is 10.6. The van der Waals surface area contributed by atoms with Gasteiger partial charge in [0.25, 0.3) is 0 Å². The van der Waals surface area contributed by atoms with Crippen LogP contribution in [0.5, 0.6) is 0 Å². The highest BCUT2D eigenvalue weighted by Crippen LogP contribution is 2.54. The number of hydrogen-bond donors (Lipinski definition) is 1. The smallest absolute Gasteiger partial charge is 0.0529 e. The molecule has 0 amide bonds. The highest BCUT2D eigenvalue weighted by molar-refractivity contribution is 5.85. The van der Waals surface area contributed by atoms with Crippen LogP contribution in [0.4, 0.5) is 5.69 Å². The van der Waals surface area contributed by atoms with Crippen molar-refractivity contribution in [3.05, 3.63) is 24.5 Å². The molecule has 1 heterocycles. The Hall–Kier alpha value is -0.760. The number of nitrogens with one attached hydrogen (secondary N) is 1. The van der Waals surface area contributed by atoms with Crippen LogP contribution in [0.15, 0.2) is 24.5 Å². The van der Waals surface area contributed by atoms with Gasteiger partial charge in [-0.1, -0.05) is 0 Å². The van der Waals surface area contributed by atoms with Crippen molar-refractivity contribution in [2.75, 3.05) is 5.32 Å². The van der Waals surface area contributed by atoms with Crippen molar-refractivity contribution in [2.45, 2.75) is 38.1 Å². The van der Waals surface area contributed by atoms with Crippen LogP contribution in [0.3, 0.4) is 0 Å². The average Bonchev–Trinajstić information content (AvgIpc) is 2.34. The number of anilines is 1. The zero-order chi connectivity index (χ0) is 11.2. The van der Waals surface area contributed by atoms with Crippen molar-refractivity contribution < 1.29 is 0 Å². The van der Waals surface area contributed by atoms with Gasteiger partial charge in [0.05, 0.1) is 5.69 Å². The Morgan fingerprint density at radius 1 is 1.00 bits per heavy atom. The quantitative estimate of drug-likeness (QED) is 0.880. The molecule has 3 heteroatoms. The van der Waals surface area contributed by atoms with Gasteiger partial charge < -0.3 is 5.32 Å². The maximum Gasteiger partial charge on any atom is 0.0529 e. The van der Waals surface area contributed by atoms with Crippen LogP contribution in [0.2, 0.25) is 0 Å². The lowest BCUT2D eigenvalue weighted by Crippen LogP contribution is -2.51. The molecular weight excluding hydrogens is 244 g/mol. The maximum atomic E-state index is 4.21. The second-order valence-corrected chi connectivity index (χ2v) is 6.34. The molecule has 18 heavy (non-hydrogen) atoms. The lowest BCUT2D eigenvalue weighted by molar-refractivity contribution is 0.00753. The van der Waals surface area contributed by atoms with Crippen LogP contribution >= 0.6 is 12.4 Å². The molecule has 4 fully saturated rings. The molecule has 4 aliphatic rings. The molecule has 0 unspecified atom stereocenters. The van der Waals surface area contributed by atoms with Crippen LogP contribution in [0, 0.1) is 23.7 Å². The minimum atomic E-state index is 0. The summed E-state index contributed by atoms with van der Waals surface area (Å²) in [6.07, 6.45) is 11.3. The second kappa shape index (κ2) is 4.73. The van der Waals surface area contributed by atoms with E-state index in [1.54, 1.807) is 0 Å². The van der Waals surface area contributed by atoms with E-state index in [1.807, 2.05) is 18.5 Å². The first-order valence-corrected chi connectivity index (χ1v) is 7.05. The van der Waals surface area contributed by atoms with Crippen molar-refractivity contribution >= 4 is 18.1 Å². The molecule has 4 saturated carbocycles. The number of pyridine rings is 1. The van der Waals surface area contributed by atoms with Crippen LogP contribution < -0.4 is 5.32 Å². The summed E-state index contributed by atoms with van der Waals surface area (Å²) < 4.78 is 0. The Bertz CT molecular complexity index is 378. The molecule has 0 spiro atoms. The Balaban J connectivity index is 0.000001000. The fraction of sp³-hybridized carbons (Fsp3) is 0.667. The van der Waals surface area contributed by atoms with E-state index in [1.165, 1.54) is 37.8 Å². The number of hydrogen-bond acceptors (Lipinski definition) is 2. The third-order valence-electron chi connectivity index (χ3n) is 5.22. The summed E-state index contributed by atoms with van der Waals surface area (Å²) in [5.74, 6) is 3.99. The van der Waals surface area contributed by atoms with Gasteiger partial charge in [-0.3, -0.25) is 4.98 Å². The fourth-order valence-electron chi connectivity index (χ4n) is 4.80. The Labute approximate surface area is 115 Å². The lowest BCUT2D eigenvalue weighted by Gasteiger charge is -2.54. The second-order valence-electron chi connectivity index (χ2n) is 6.34. The highest BCUT2D eigenvalue weighted by Gasteiger charge is 2.48. The first-order chi connectivity index (χ1) is 8.38. The molecular formula is C15H21ClN2. The van der Waals surface area contributed by atoms with Gasteiger partial charge in [-0.05, 0) is 67.9 Å². The SMILES string of the molecule is Cl.c1cncc(NC2C3CC4CC(C3)CC2C4)c1. The Kier molecular flexibility index (Phi) is 3.23. The standard InChI is InChI=1S/C15H20N2.ClH/c1-2-14(9-16-3-1)17-15-12-5-10-4-11(7-12)8-13(15)6-10;/h1-3,9-13,15,17H,4-8H2;1H. The molecule has 0 radical (unpaired) electrons. The van der Waals surface area contributed by atoms with Gasteiger partial charge in [0, 0.05) is 18.4 Å². The van der Waals surface area contributed by atoms with E-state index >= 15 is 0 Å². The van der Waals surface area contributed by atoms with E-state index in [0.717, 1.165) is 29.7 Å². The Morgan fingerprint density at radius 3 is 2.22 bits per heavy atom. The lowest BCUT2D eigenvalue weighted by atomic mass is 9.54. The van der Waals surface area contributed by atoms with E-state index in [-0.39, 0.29) is 12.4 Å². The van der Waals surface area contributed by atoms with Crippen molar-refractivity contribution in [1.82, 2.24) is 4.98 Å². The number of nitrogens with zero attached hydrogens (tertiary/aromatic N) is 1. The van der Waals surface area contributed by atoms with Gasteiger partial charge in [-0.2, -0.15) is 0 Å². The summed E-state index contributed by atoms with van der Waals surface area (Å²) in [4.78, 5) is 4.21. The molecule has 98 valence electrons. The summed E-state index contributed by atoms with van der Waals surface area (Å²) in [5.41, 5.74) is 1.21. The third-order valence-corrected chi connectivity index (χ3v) is 5.22. The molecule has 4 bridgehead atoms. The molecule has 0 saturated heterocycles. The fourth-order valence-corrected chi connectivity index (χ4v) is 4.80. The van der Waals surface area contributed by atoms with Crippen LogP contribution in [0.1, 0.15) is 32.1 Å². The summed E-state index contributed by atoms with van der Waals surface area (Å²) in [7, 11) is 0. The third kappa shape index (κ3) is 2.01. The molecule has 5 rings (SSSR count). The van der Waals surface area contributed by atoms with E-state index < -0.39 is 0 Å². The van der Waals surface area contributed by atoms with E-state index in [4.69, 9.17) is 0 Å². The Morgan fingerprint density at radius 2 is 1.67 bits per heavy atom. The molecule has 0 atom stereocenters. The maximum absolute atomic E-state index is 4.21. The predicted octanol–water partition coefficient (Wildman–Crippen LogP) is 3.74. The van der Waals surface area contributed by atoms with Crippen molar-refractivity contribution in [2.24, 2.45) is 23.7 Å². The molecule has 1 N–H and O–H groups in total. The van der Waals surface area contributed by atoms with Crippen LogP contribution in [-0.4, -0.2) is 11.0 Å². The highest BCUT2D eigenvalue weighted by atomic mass is 35.5. The van der Waals surface area contributed by atoms with Crippen molar-refractivity contribution in [3.8, 4) is 0 Å². The van der Waals surface area contributed by atoms with Gasteiger partial charge in [0.2, 0.25) is 0 Å². The van der Waals surface area contributed by atoms with Gasteiger partial charge in [-0.25, -0.2) is 0 Å². The molecule has 4 aliphatic carbocycles. The minimum Gasteiger partial charge on any atom is -0.381 e. The van der Waals surface area contributed by atoms with Crippen LogP contribution in [-0.2, 0) is 0 Å². The van der Waals surface area contributed by atoms with Gasteiger partial charge >= 0.3 is 0 Å². The summed E-state index contributed by atoms with van der Waals surface area (Å²) in [5, 5.41) is 3.76. The number of halogens is 1. The normalized spacial score (nSPS) is 40.3. The molecule has 1 aromatic rings. The predicted molar refractivity (Wildman–Crippen MR) is 75.9 cm³/mol. The first-order valence-electron chi connectivity index (χ1n) is 7.05. The summed E-state index contributed by atoms with van der Waals surface area (Å²) in [6, 6.07) is 4.91. The van der Waals surface area contributed by atoms with Gasteiger partial charge in [0.15, 0.2) is 0 Å². The minimum absolute atomic E-state index is 0. The van der Waals surface area contributed by atoms with E-state index in [0.29, 0.717) is 0 Å². The molecule has 0 aliphatic heterocycles. The van der Waals surface area contributed by atoms with Crippen LogP contribution in [0.25, 0.3) is 0 Å². The van der Waals surface area contributed by atoms with Crippen molar-refractivity contribution in [1.29, 1.82) is 0 Å². The number of aromatic nitrogens is 1. The van der Waals surface area contributed by atoms with E-state index in [2.05, 4.69) is 16.4 Å². The van der Waals surface area contributed by atoms with Gasteiger partial charge in [-0.15, -0.1) is 12.4 Å². The zero-order valence-corrected chi connectivity index (χ0v) is 11.4. The molecule has 0 aromatic carbocycles. The molecule has 2 nitrogen and oxygen atoms in total. The first kappa shape index (κ1) is 12.3. The average molecular weight is 265 g/mol. The monoisotopic (exact) mass is 264 g/mol. The van der Waals surface area contributed by atoms with E-state index in [9.17, 15) is 0 Å². The molecule has 1 aromatic heterocycles. The van der Waals surface area contributed by atoms with Gasteiger partial charge in [0.1, 0.15) is 0 Å². The van der Waals surface area contributed by atoms with Crippen molar-refractivity contribution in [3.63, 3.8) is 0 Å². The topological polar surface area (TPSA) is 24.9 Å². The summed E-state index contributed by atoms with van der Waals surface area (Å²) in [6.45, 7) is 0. The summed E-state index contributed by atoms with van der Waals surface area (Å²) >= 11 is 0.